The number of aryl methyl sites for hydroxylation is 1. The molecule has 1 aromatic carbocycles. The summed E-state index contributed by atoms with van der Waals surface area (Å²) in [6.07, 6.45) is 4.00. The smallest absolute Gasteiger partial charge is 0.0342 e. The zero-order valence-corrected chi connectivity index (χ0v) is 10.7. The highest BCUT2D eigenvalue weighted by Crippen LogP contribution is 2.32. The summed E-state index contributed by atoms with van der Waals surface area (Å²) in [6.45, 7) is 3.57. The minimum atomic E-state index is 0.755. The Morgan fingerprint density at radius 1 is 1.29 bits per heavy atom. The van der Waals surface area contributed by atoms with Gasteiger partial charge >= 0.3 is 0 Å². The molecule has 0 spiro atoms. The minimum Gasteiger partial charge on any atom is -0.314 e. The second kappa shape index (κ2) is 4.79. The van der Waals surface area contributed by atoms with Crippen molar-refractivity contribution in [3.63, 3.8) is 0 Å². The number of hydrogen-bond acceptors (Lipinski definition) is 2. The highest BCUT2D eigenvalue weighted by atomic mass is 15.2. The fourth-order valence-corrected chi connectivity index (χ4v) is 3.13. The van der Waals surface area contributed by atoms with E-state index in [2.05, 4.69) is 41.5 Å². The van der Waals surface area contributed by atoms with Crippen molar-refractivity contribution in [3.8, 4) is 0 Å². The molecule has 2 aliphatic rings. The maximum atomic E-state index is 3.36. The molecular formula is C15H22N2. The lowest BCUT2D eigenvalue weighted by molar-refractivity contribution is 0.167. The summed E-state index contributed by atoms with van der Waals surface area (Å²) in [5.41, 5.74) is 3.20. The van der Waals surface area contributed by atoms with Crippen LogP contribution in [0.4, 0.5) is 0 Å². The molecular weight excluding hydrogens is 208 g/mol. The van der Waals surface area contributed by atoms with E-state index >= 15 is 0 Å². The van der Waals surface area contributed by atoms with Crippen molar-refractivity contribution in [2.24, 2.45) is 0 Å². The van der Waals surface area contributed by atoms with Gasteiger partial charge in [0, 0.05) is 25.7 Å². The van der Waals surface area contributed by atoms with Gasteiger partial charge in [0.15, 0.2) is 0 Å². The number of nitrogens with one attached hydrogen (secondary N) is 1. The van der Waals surface area contributed by atoms with Crippen molar-refractivity contribution >= 4 is 0 Å². The van der Waals surface area contributed by atoms with E-state index in [9.17, 15) is 0 Å². The topological polar surface area (TPSA) is 15.3 Å². The van der Waals surface area contributed by atoms with Gasteiger partial charge in [-0.3, -0.25) is 0 Å². The van der Waals surface area contributed by atoms with Crippen LogP contribution < -0.4 is 5.32 Å². The lowest BCUT2D eigenvalue weighted by Crippen LogP contribution is -2.56. The van der Waals surface area contributed by atoms with Crippen LogP contribution in [0.2, 0.25) is 0 Å². The molecule has 1 aliphatic carbocycles. The van der Waals surface area contributed by atoms with Gasteiger partial charge in [-0.15, -0.1) is 0 Å². The van der Waals surface area contributed by atoms with Crippen LogP contribution in [0.25, 0.3) is 0 Å². The molecule has 1 aliphatic heterocycles. The molecule has 2 heteroatoms. The summed E-state index contributed by atoms with van der Waals surface area (Å²) in [5.74, 6) is 0.755. The molecule has 0 aromatic heterocycles. The van der Waals surface area contributed by atoms with Crippen molar-refractivity contribution < 1.29 is 0 Å². The molecule has 3 rings (SSSR count). The monoisotopic (exact) mass is 230 g/mol. The molecule has 92 valence electrons. The van der Waals surface area contributed by atoms with Crippen LogP contribution in [0, 0.1) is 0 Å². The highest BCUT2D eigenvalue weighted by molar-refractivity contribution is 5.32. The first-order valence-electron chi connectivity index (χ1n) is 6.83. The summed E-state index contributed by atoms with van der Waals surface area (Å²) in [5, 5.41) is 3.36. The first kappa shape index (κ1) is 11.2. The predicted molar refractivity (Wildman–Crippen MR) is 71.4 cm³/mol. The Morgan fingerprint density at radius 2 is 2.12 bits per heavy atom. The van der Waals surface area contributed by atoms with Gasteiger partial charge in [-0.2, -0.15) is 0 Å². The number of rotatable bonds is 3. The summed E-state index contributed by atoms with van der Waals surface area (Å²) in [6, 6.07) is 9.80. The van der Waals surface area contributed by atoms with Crippen molar-refractivity contribution in [1.82, 2.24) is 10.2 Å². The molecule has 17 heavy (non-hydrogen) atoms. The summed E-state index contributed by atoms with van der Waals surface area (Å²) in [4.78, 5) is 2.54. The summed E-state index contributed by atoms with van der Waals surface area (Å²) in [7, 11) is 2.28. The van der Waals surface area contributed by atoms with Gasteiger partial charge in [0.1, 0.15) is 0 Å². The zero-order chi connectivity index (χ0) is 11.7. The van der Waals surface area contributed by atoms with E-state index in [4.69, 9.17) is 0 Å². The molecule has 1 saturated heterocycles. The molecule has 1 fully saturated rings. The Balaban J connectivity index is 1.71. The van der Waals surface area contributed by atoms with Gasteiger partial charge in [0.2, 0.25) is 0 Å². The number of hydrogen-bond donors (Lipinski definition) is 1. The van der Waals surface area contributed by atoms with Gasteiger partial charge in [0.25, 0.3) is 0 Å². The minimum absolute atomic E-state index is 0.755. The predicted octanol–water partition coefficient (Wildman–Crippen LogP) is 2.01. The van der Waals surface area contributed by atoms with Gasteiger partial charge in [0.05, 0.1) is 0 Å². The Hall–Kier alpha value is -0.860. The second-order valence-electron chi connectivity index (χ2n) is 5.54. The molecule has 2 nitrogen and oxygen atoms in total. The van der Waals surface area contributed by atoms with Gasteiger partial charge in [-0.1, -0.05) is 24.3 Å². The standard InChI is InChI=1S/C15H22N2/c1-17(14-9-16-10-14)11-13-7-4-6-12-5-2-3-8-15(12)13/h2-3,5,8,13-14,16H,4,6-7,9-11H2,1H3. The highest BCUT2D eigenvalue weighted by Gasteiger charge is 2.26. The van der Waals surface area contributed by atoms with Crippen LogP contribution in [-0.2, 0) is 6.42 Å². The largest absolute Gasteiger partial charge is 0.314 e. The van der Waals surface area contributed by atoms with E-state index < -0.39 is 0 Å². The van der Waals surface area contributed by atoms with E-state index in [0.717, 1.165) is 12.0 Å². The van der Waals surface area contributed by atoms with Crippen molar-refractivity contribution in [1.29, 1.82) is 0 Å². The average Bonchev–Trinajstić information content (AvgIpc) is 2.27. The molecule has 1 unspecified atom stereocenters. The zero-order valence-electron chi connectivity index (χ0n) is 10.7. The molecule has 0 radical (unpaired) electrons. The molecule has 1 N–H and O–H groups in total. The number of nitrogens with zero attached hydrogens (tertiary/aromatic N) is 1. The molecule has 1 aromatic rings. The van der Waals surface area contributed by atoms with Crippen LogP contribution in [-0.4, -0.2) is 37.6 Å². The normalized spacial score (nSPS) is 24.5. The Kier molecular flexibility index (Phi) is 3.17. The van der Waals surface area contributed by atoms with Gasteiger partial charge < -0.3 is 10.2 Å². The third-order valence-corrected chi connectivity index (χ3v) is 4.39. The van der Waals surface area contributed by atoms with E-state index in [1.165, 1.54) is 38.9 Å². The first-order valence-corrected chi connectivity index (χ1v) is 6.83. The first-order chi connectivity index (χ1) is 8.34. The Labute approximate surface area is 104 Å². The van der Waals surface area contributed by atoms with Crippen molar-refractivity contribution in [2.75, 3.05) is 26.7 Å². The molecule has 1 heterocycles. The van der Waals surface area contributed by atoms with Gasteiger partial charge in [-0.05, 0) is 43.4 Å². The van der Waals surface area contributed by atoms with Crippen LogP contribution in [0.15, 0.2) is 24.3 Å². The van der Waals surface area contributed by atoms with Crippen molar-refractivity contribution in [2.45, 2.75) is 31.2 Å². The van der Waals surface area contributed by atoms with Crippen molar-refractivity contribution in [3.05, 3.63) is 35.4 Å². The van der Waals surface area contributed by atoms with Crippen LogP contribution in [0.1, 0.15) is 29.9 Å². The van der Waals surface area contributed by atoms with E-state index in [1.54, 1.807) is 11.1 Å². The van der Waals surface area contributed by atoms with Crippen LogP contribution in [0.5, 0.6) is 0 Å². The van der Waals surface area contributed by atoms with E-state index in [1.807, 2.05) is 0 Å². The molecule has 1 atom stereocenters. The fourth-order valence-electron chi connectivity index (χ4n) is 3.13. The van der Waals surface area contributed by atoms with Crippen LogP contribution in [0.3, 0.4) is 0 Å². The summed E-state index contributed by atoms with van der Waals surface area (Å²) < 4.78 is 0. The third kappa shape index (κ3) is 2.24. The maximum Gasteiger partial charge on any atom is 0.0342 e. The lowest BCUT2D eigenvalue weighted by Gasteiger charge is -2.38. The number of benzene rings is 1. The van der Waals surface area contributed by atoms with Gasteiger partial charge in [-0.25, -0.2) is 0 Å². The Morgan fingerprint density at radius 3 is 2.88 bits per heavy atom. The molecule has 0 amide bonds. The SMILES string of the molecule is CN(CC1CCCc2ccccc21)C1CNC1. The molecule has 0 saturated carbocycles. The second-order valence-corrected chi connectivity index (χ2v) is 5.54. The maximum absolute atomic E-state index is 3.36. The quantitative estimate of drug-likeness (QED) is 0.854. The lowest BCUT2D eigenvalue weighted by atomic mass is 9.82. The molecule has 0 bridgehead atoms. The van der Waals surface area contributed by atoms with E-state index in [-0.39, 0.29) is 0 Å². The Bertz CT molecular complexity index is 384. The summed E-state index contributed by atoms with van der Waals surface area (Å²) >= 11 is 0. The fraction of sp³-hybridized carbons (Fsp3) is 0.600. The third-order valence-electron chi connectivity index (χ3n) is 4.39. The van der Waals surface area contributed by atoms with Crippen LogP contribution >= 0.6 is 0 Å². The van der Waals surface area contributed by atoms with E-state index in [0.29, 0.717) is 0 Å². The number of likely N-dealkylation sites (N-methyl/N-ethyl adjacent to an activating group) is 1. The average molecular weight is 230 g/mol. The number of fused-ring (bicyclic) bond motifs is 1.